The number of thioether (sulfide) groups is 1. The van der Waals surface area contributed by atoms with E-state index in [1.165, 1.54) is 11.8 Å². The summed E-state index contributed by atoms with van der Waals surface area (Å²) >= 11 is 1.41. The summed E-state index contributed by atoms with van der Waals surface area (Å²) < 4.78 is 7.27. The first-order valence-corrected chi connectivity index (χ1v) is 8.34. The van der Waals surface area contributed by atoms with Gasteiger partial charge >= 0.3 is 0 Å². The molecule has 0 aliphatic rings. The number of rotatable bonds is 7. The zero-order valence-corrected chi connectivity index (χ0v) is 14.2. The van der Waals surface area contributed by atoms with Crippen molar-refractivity contribution >= 4 is 17.7 Å². The number of nitrogens with one attached hydrogen (secondary N) is 1. The smallest absolute Gasteiger partial charge is 0.230 e. The Hall–Kier alpha value is -1.76. The SMILES string of the molecule is CC(C)c1nnc(SCC(=O)NCc2ccco2)n1C(C)C. The standard InChI is InChI=1S/C15H22N4O2S/c1-10(2)14-17-18-15(19(14)11(3)4)22-9-13(20)16-8-12-6-5-7-21-12/h5-7,10-11H,8-9H2,1-4H3,(H,16,20). The van der Waals surface area contributed by atoms with E-state index >= 15 is 0 Å². The van der Waals surface area contributed by atoms with Gasteiger partial charge in [-0.25, -0.2) is 0 Å². The number of amides is 1. The van der Waals surface area contributed by atoms with Crippen molar-refractivity contribution in [3.05, 3.63) is 30.0 Å². The summed E-state index contributed by atoms with van der Waals surface area (Å²) in [6.07, 6.45) is 1.59. The van der Waals surface area contributed by atoms with E-state index in [1.54, 1.807) is 12.3 Å². The fourth-order valence-electron chi connectivity index (χ4n) is 2.05. The van der Waals surface area contributed by atoms with Crippen LogP contribution in [0.5, 0.6) is 0 Å². The van der Waals surface area contributed by atoms with Crippen LogP contribution in [0.4, 0.5) is 0 Å². The summed E-state index contributed by atoms with van der Waals surface area (Å²) in [5.74, 6) is 2.26. The first kappa shape index (κ1) is 16.6. The largest absolute Gasteiger partial charge is 0.467 e. The van der Waals surface area contributed by atoms with Crippen molar-refractivity contribution in [1.82, 2.24) is 20.1 Å². The molecular formula is C15H22N4O2S. The summed E-state index contributed by atoms with van der Waals surface area (Å²) in [4.78, 5) is 11.9. The molecule has 0 unspecified atom stereocenters. The van der Waals surface area contributed by atoms with Crippen molar-refractivity contribution in [3.63, 3.8) is 0 Å². The molecule has 22 heavy (non-hydrogen) atoms. The van der Waals surface area contributed by atoms with Gasteiger partial charge in [0.25, 0.3) is 0 Å². The summed E-state index contributed by atoms with van der Waals surface area (Å²) in [5.41, 5.74) is 0. The fraction of sp³-hybridized carbons (Fsp3) is 0.533. The molecule has 0 bridgehead atoms. The molecule has 2 aromatic rings. The van der Waals surface area contributed by atoms with Crippen LogP contribution in [0.15, 0.2) is 28.0 Å². The first-order chi connectivity index (χ1) is 10.5. The van der Waals surface area contributed by atoms with E-state index in [9.17, 15) is 4.79 Å². The Morgan fingerprint density at radius 2 is 2.14 bits per heavy atom. The highest BCUT2D eigenvalue weighted by molar-refractivity contribution is 7.99. The lowest BCUT2D eigenvalue weighted by atomic mass is 10.2. The van der Waals surface area contributed by atoms with Gasteiger partial charge in [0.2, 0.25) is 5.91 Å². The van der Waals surface area contributed by atoms with Crippen LogP contribution in [0.3, 0.4) is 0 Å². The Morgan fingerprint density at radius 1 is 1.36 bits per heavy atom. The summed E-state index contributed by atoms with van der Waals surface area (Å²) in [5, 5.41) is 12.1. The maximum Gasteiger partial charge on any atom is 0.230 e. The maximum atomic E-state index is 11.9. The highest BCUT2D eigenvalue weighted by atomic mass is 32.2. The van der Waals surface area contributed by atoms with Crippen molar-refractivity contribution in [2.24, 2.45) is 0 Å². The lowest BCUT2D eigenvalue weighted by Crippen LogP contribution is -2.24. The second-order valence-corrected chi connectivity index (χ2v) is 6.55. The lowest BCUT2D eigenvalue weighted by molar-refractivity contribution is -0.118. The van der Waals surface area contributed by atoms with Crippen LogP contribution in [0.25, 0.3) is 0 Å². The van der Waals surface area contributed by atoms with Crippen LogP contribution in [0.2, 0.25) is 0 Å². The van der Waals surface area contributed by atoms with Crippen LogP contribution < -0.4 is 5.32 Å². The Morgan fingerprint density at radius 3 is 2.73 bits per heavy atom. The molecular weight excluding hydrogens is 300 g/mol. The van der Waals surface area contributed by atoms with Crippen LogP contribution in [-0.4, -0.2) is 26.4 Å². The minimum Gasteiger partial charge on any atom is -0.467 e. The third-order valence-corrected chi connectivity index (χ3v) is 4.04. The van der Waals surface area contributed by atoms with Gasteiger partial charge in [0, 0.05) is 12.0 Å². The number of aromatic nitrogens is 3. The zero-order chi connectivity index (χ0) is 16.1. The molecule has 7 heteroatoms. The minimum atomic E-state index is -0.0502. The summed E-state index contributed by atoms with van der Waals surface area (Å²) in [6, 6.07) is 3.90. The van der Waals surface area contributed by atoms with Gasteiger partial charge in [-0.2, -0.15) is 0 Å². The normalized spacial score (nSPS) is 11.4. The second-order valence-electron chi connectivity index (χ2n) is 5.60. The Labute approximate surface area is 134 Å². The molecule has 0 radical (unpaired) electrons. The molecule has 1 amide bonds. The molecule has 0 aliphatic heterocycles. The van der Waals surface area contributed by atoms with Crippen molar-refractivity contribution in [2.75, 3.05) is 5.75 Å². The van der Waals surface area contributed by atoms with Gasteiger partial charge in [-0.3, -0.25) is 4.79 Å². The molecule has 2 rings (SSSR count). The van der Waals surface area contributed by atoms with Gasteiger partial charge in [-0.05, 0) is 26.0 Å². The summed E-state index contributed by atoms with van der Waals surface area (Å²) in [6.45, 7) is 8.77. The Kier molecular flexibility index (Phi) is 5.65. The third-order valence-electron chi connectivity index (χ3n) is 3.10. The molecule has 0 aliphatic carbocycles. The Bertz CT molecular complexity index is 605. The van der Waals surface area contributed by atoms with E-state index in [1.807, 2.05) is 6.07 Å². The number of nitrogens with zero attached hydrogens (tertiary/aromatic N) is 3. The Balaban J connectivity index is 1.92. The second kappa shape index (κ2) is 7.49. The van der Waals surface area contributed by atoms with Gasteiger partial charge in [-0.15, -0.1) is 10.2 Å². The fourth-order valence-corrected chi connectivity index (χ4v) is 2.95. The van der Waals surface area contributed by atoms with Crippen molar-refractivity contribution < 1.29 is 9.21 Å². The molecule has 0 aromatic carbocycles. The molecule has 0 saturated heterocycles. The van der Waals surface area contributed by atoms with Gasteiger partial charge in [0.15, 0.2) is 5.16 Å². The van der Waals surface area contributed by atoms with Gasteiger partial charge in [0.05, 0.1) is 18.6 Å². The maximum absolute atomic E-state index is 11.9. The number of hydrogen-bond acceptors (Lipinski definition) is 5. The quantitative estimate of drug-likeness (QED) is 0.793. The predicted octanol–water partition coefficient (Wildman–Crippen LogP) is 2.98. The van der Waals surface area contributed by atoms with E-state index in [0.717, 1.165) is 16.7 Å². The number of carbonyl (C=O) groups is 1. The van der Waals surface area contributed by atoms with Gasteiger partial charge < -0.3 is 14.3 Å². The van der Waals surface area contributed by atoms with E-state index < -0.39 is 0 Å². The molecule has 1 N–H and O–H groups in total. The number of hydrogen-bond donors (Lipinski definition) is 1. The van der Waals surface area contributed by atoms with Gasteiger partial charge in [0.1, 0.15) is 11.6 Å². The van der Waals surface area contributed by atoms with Crippen LogP contribution in [-0.2, 0) is 11.3 Å². The molecule has 2 heterocycles. The average molecular weight is 322 g/mol. The molecule has 2 aromatic heterocycles. The first-order valence-electron chi connectivity index (χ1n) is 7.35. The highest BCUT2D eigenvalue weighted by Crippen LogP contribution is 2.25. The molecule has 6 nitrogen and oxygen atoms in total. The van der Waals surface area contributed by atoms with E-state index in [0.29, 0.717) is 18.2 Å². The van der Waals surface area contributed by atoms with Crippen LogP contribution in [0.1, 0.15) is 51.2 Å². The molecule has 120 valence electrons. The lowest BCUT2D eigenvalue weighted by Gasteiger charge is -2.15. The predicted molar refractivity (Wildman–Crippen MR) is 85.8 cm³/mol. The van der Waals surface area contributed by atoms with E-state index in [-0.39, 0.29) is 11.9 Å². The zero-order valence-electron chi connectivity index (χ0n) is 13.4. The van der Waals surface area contributed by atoms with Crippen molar-refractivity contribution in [3.8, 4) is 0 Å². The number of carbonyl (C=O) groups excluding carboxylic acids is 1. The topological polar surface area (TPSA) is 73.0 Å². The van der Waals surface area contributed by atoms with E-state index in [2.05, 4.69) is 47.8 Å². The minimum absolute atomic E-state index is 0.0502. The van der Waals surface area contributed by atoms with E-state index in [4.69, 9.17) is 4.42 Å². The van der Waals surface area contributed by atoms with Crippen molar-refractivity contribution in [2.45, 2.75) is 51.4 Å². The monoisotopic (exact) mass is 322 g/mol. The molecule has 0 atom stereocenters. The van der Waals surface area contributed by atoms with Crippen LogP contribution in [0, 0.1) is 0 Å². The van der Waals surface area contributed by atoms with Crippen LogP contribution >= 0.6 is 11.8 Å². The third kappa shape index (κ3) is 4.13. The highest BCUT2D eigenvalue weighted by Gasteiger charge is 2.18. The molecule has 0 spiro atoms. The van der Waals surface area contributed by atoms with Gasteiger partial charge in [-0.1, -0.05) is 25.6 Å². The van der Waals surface area contributed by atoms with Crippen molar-refractivity contribution in [1.29, 1.82) is 0 Å². The average Bonchev–Trinajstić information content (AvgIpc) is 3.11. The number of furan rings is 1. The molecule has 0 saturated carbocycles. The summed E-state index contributed by atoms with van der Waals surface area (Å²) in [7, 11) is 0. The molecule has 0 fully saturated rings.